The summed E-state index contributed by atoms with van der Waals surface area (Å²) in [6, 6.07) is 13.7. The van der Waals surface area contributed by atoms with Crippen molar-refractivity contribution in [2.24, 2.45) is 0 Å². The molecule has 1 saturated heterocycles. The number of ether oxygens (including phenoxy) is 2. The fourth-order valence-corrected chi connectivity index (χ4v) is 4.49. The van der Waals surface area contributed by atoms with E-state index >= 15 is 0 Å². The van der Waals surface area contributed by atoms with Gasteiger partial charge in [-0.15, -0.1) is 11.3 Å². The largest absolute Gasteiger partial charge is 0.493 e. The zero-order valence-electron chi connectivity index (χ0n) is 17.7. The maximum atomic E-state index is 13.2. The lowest BCUT2D eigenvalue weighted by atomic mass is 9.91. The third kappa shape index (κ3) is 3.55. The fraction of sp³-hybridized carbons (Fsp3) is 0.217. The van der Waals surface area contributed by atoms with Crippen molar-refractivity contribution in [3.63, 3.8) is 0 Å². The molecule has 0 bridgehead atoms. The highest BCUT2D eigenvalue weighted by Gasteiger charge is 2.49. The van der Waals surface area contributed by atoms with Crippen LogP contribution in [0.4, 0.5) is 4.79 Å². The zero-order valence-corrected chi connectivity index (χ0v) is 18.5. The number of amides is 3. The highest BCUT2D eigenvalue weighted by Crippen LogP contribution is 2.39. The number of thiazole rings is 1. The van der Waals surface area contributed by atoms with E-state index in [4.69, 9.17) is 14.7 Å². The van der Waals surface area contributed by atoms with E-state index in [-0.39, 0.29) is 6.54 Å². The Morgan fingerprint density at radius 3 is 2.69 bits per heavy atom. The van der Waals surface area contributed by atoms with Crippen LogP contribution in [0.25, 0.3) is 10.6 Å². The van der Waals surface area contributed by atoms with Crippen molar-refractivity contribution in [2.45, 2.75) is 19.0 Å². The van der Waals surface area contributed by atoms with Crippen molar-refractivity contribution in [3.8, 4) is 28.1 Å². The van der Waals surface area contributed by atoms with E-state index in [0.717, 1.165) is 10.5 Å². The smallest absolute Gasteiger partial charge is 0.325 e. The van der Waals surface area contributed by atoms with Crippen LogP contribution in [-0.4, -0.2) is 36.0 Å². The number of rotatable bonds is 6. The van der Waals surface area contributed by atoms with Crippen molar-refractivity contribution in [2.75, 3.05) is 14.2 Å². The Labute approximate surface area is 189 Å². The molecule has 8 nitrogen and oxygen atoms in total. The summed E-state index contributed by atoms with van der Waals surface area (Å²) in [6.45, 7) is 1.66. The second-order valence-corrected chi connectivity index (χ2v) is 8.18. The molecule has 2 heterocycles. The van der Waals surface area contributed by atoms with Crippen LogP contribution in [0.5, 0.6) is 11.5 Å². The molecule has 1 unspecified atom stereocenters. The van der Waals surface area contributed by atoms with Gasteiger partial charge in [0.15, 0.2) is 11.5 Å². The lowest BCUT2D eigenvalue weighted by molar-refractivity contribution is -0.131. The molecule has 1 aromatic heterocycles. The van der Waals surface area contributed by atoms with Crippen molar-refractivity contribution in [1.82, 2.24) is 15.2 Å². The monoisotopic (exact) mass is 448 g/mol. The lowest BCUT2D eigenvalue weighted by Crippen LogP contribution is -2.40. The van der Waals surface area contributed by atoms with E-state index < -0.39 is 17.5 Å². The summed E-state index contributed by atoms with van der Waals surface area (Å²) in [5, 5.41) is 14.4. The minimum Gasteiger partial charge on any atom is -0.493 e. The third-order valence-corrected chi connectivity index (χ3v) is 6.27. The van der Waals surface area contributed by atoms with E-state index in [1.54, 1.807) is 56.9 Å². The first-order valence-corrected chi connectivity index (χ1v) is 10.6. The van der Waals surface area contributed by atoms with Gasteiger partial charge < -0.3 is 14.8 Å². The molecule has 32 heavy (non-hydrogen) atoms. The van der Waals surface area contributed by atoms with Gasteiger partial charge in [-0.3, -0.25) is 9.69 Å². The number of urea groups is 1. The number of carbonyl (C=O) groups excluding carboxylic acids is 2. The second-order valence-electron chi connectivity index (χ2n) is 7.32. The van der Waals surface area contributed by atoms with Crippen molar-refractivity contribution < 1.29 is 19.1 Å². The van der Waals surface area contributed by atoms with Crippen LogP contribution in [-0.2, 0) is 16.9 Å². The maximum Gasteiger partial charge on any atom is 0.325 e. The normalized spacial score (nSPS) is 17.8. The number of imide groups is 1. The molecular weight excluding hydrogens is 428 g/mol. The summed E-state index contributed by atoms with van der Waals surface area (Å²) in [6.07, 6.45) is 0. The van der Waals surface area contributed by atoms with Crippen LogP contribution in [0, 0.1) is 11.3 Å². The zero-order chi connectivity index (χ0) is 22.9. The second kappa shape index (κ2) is 8.32. The number of nitrogens with one attached hydrogen (secondary N) is 1. The van der Waals surface area contributed by atoms with Crippen LogP contribution in [0.3, 0.4) is 0 Å². The van der Waals surface area contributed by atoms with Crippen molar-refractivity contribution in [3.05, 3.63) is 64.7 Å². The van der Waals surface area contributed by atoms with E-state index in [0.29, 0.717) is 33.3 Å². The summed E-state index contributed by atoms with van der Waals surface area (Å²) >= 11 is 1.39. The molecule has 1 aliphatic heterocycles. The summed E-state index contributed by atoms with van der Waals surface area (Å²) in [7, 11) is 3.13. The average molecular weight is 449 g/mol. The molecule has 3 aromatic rings. The summed E-state index contributed by atoms with van der Waals surface area (Å²) < 4.78 is 10.8. The van der Waals surface area contributed by atoms with Crippen molar-refractivity contribution >= 4 is 23.3 Å². The Morgan fingerprint density at radius 2 is 1.97 bits per heavy atom. The Balaban J connectivity index is 1.60. The van der Waals surface area contributed by atoms with Crippen LogP contribution in [0.2, 0.25) is 0 Å². The molecule has 0 radical (unpaired) electrons. The molecular formula is C23H20N4O4S. The minimum absolute atomic E-state index is 0.0288. The number of para-hydroxylation sites is 1. The Bertz CT molecular complexity index is 1250. The molecule has 9 heteroatoms. The van der Waals surface area contributed by atoms with E-state index in [1.165, 1.54) is 11.3 Å². The molecule has 3 amide bonds. The van der Waals surface area contributed by atoms with Gasteiger partial charge in [-0.1, -0.05) is 18.2 Å². The summed E-state index contributed by atoms with van der Waals surface area (Å²) in [5.41, 5.74) is 1.06. The molecule has 1 aliphatic rings. The van der Waals surface area contributed by atoms with Gasteiger partial charge in [0, 0.05) is 5.38 Å². The van der Waals surface area contributed by atoms with Crippen molar-refractivity contribution in [1.29, 1.82) is 5.26 Å². The molecule has 4 rings (SSSR count). The predicted molar refractivity (Wildman–Crippen MR) is 118 cm³/mol. The number of methoxy groups -OCH3 is 2. The highest BCUT2D eigenvalue weighted by atomic mass is 32.1. The van der Waals surface area contributed by atoms with E-state index in [1.807, 2.05) is 12.1 Å². The topological polar surface area (TPSA) is 105 Å². The highest BCUT2D eigenvalue weighted by molar-refractivity contribution is 7.13. The van der Waals surface area contributed by atoms with Gasteiger partial charge in [0.05, 0.1) is 43.7 Å². The molecule has 1 N–H and O–H groups in total. The number of benzene rings is 2. The molecule has 2 aromatic carbocycles. The van der Waals surface area contributed by atoms with E-state index in [2.05, 4.69) is 16.4 Å². The standard InChI is InChI=1S/C23H20N4O4S/c1-23(15-7-4-6-14(10-15)11-24)21(28)27(22(29)26-23)12-16-13-32-20(25-16)17-8-5-9-18(30-2)19(17)31-3/h4-10,13H,12H2,1-3H3,(H,26,29). The van der Waals surface area contributed by atoms with Gasteiger partial charge in [-0.2, -0.15) is 5.26 Å². The first kappa shape index (κ1) is 21.3. The predicted octanol–water partition coefficient (Wildman–Crippen LogP) is 3.67. The molecule has 0 aliphatic carbocycles. The molecule has 1 atom stereocenters. The fourth-order valence-electron chi connectivity index (χ4n) is 3.66. The summed E-state index contributed by atoms with van der Waals surface area (Å²) in [5.74, 6) is 0.758. The molecule has 162 valence electrons. The van der Waals surface area contributed by atoms with Crippen LogP contribution < -0.4 is 14.8 Å². The van der Waals surface area contributed by atoms with Gasteiger partial charge in [-0.05, 0) is 36.8 Å². The van der Waals surface area contributed by atoms with Gasteiger partial charge in [-0.25, -0.2) is 9.78 Å². The Hall–Kier alpha value is -3.90. The van der Waals surface area contributed by atoms with Crippen LogP contribution in [0.15, 0.2) is 47.8 Å². The minimum atomic E-state index is -1.25. The molecule has 1 fully saturated rings. The SMILES string of the molecule is COc1cccc(-c2nc(CN3C(=O)NC(C)(c4cccc(C#N)c4)C3=O)cs2)c1OC. The number of hydrogen-bond donors (Lipinski definition) is 1. The lowest BCUT2D eigenvalue weighted by Gasteiger charge is -2.22. The quantitative estimate of drug-likeness (QED) is 0.577. The number of hydrogen-bond acceptors (Lipinski definition) is 7. The van der Waals surface area contributed by atoms with Crippen LogP contribution in [0.1, 0.15) is 23.7 Å². The number of carbonyl (C=O) groups is 2. The number of aromatic nitrogens is 1. The number of nitriles is 1. The maximum absolute atomic E-state index is 13.2. The van der Waals surface area contributed by atoms with Gasteiger partial charge >= 0.3 is 6.03 Å². The van der Waals surface area contributed by atoms with E-state index in [9.17, 15) is 9.59 Å². The molecule has 0 saturated carbocycles. The third-order valence-electron chi connectivity index (χ3n) is 5.35. The summed E-state index contributed by atoms with van der Waals surface area (Å²) in [4.78, 5) is 31.6. The number of nitrogens with zero attached hydrogens (tertiary/aromatic N) is 3. The first-order valence-electron chi connectivity index (χ1n) is 9.71. The molecule has 0 spiro atoms. The first-order chi connectivity index (χ1) is 15.4. The Kier molecular flexibility index (Phi) is 5.55. The van der Waals surface area contributed by atoms with Crippen LogP contribution >= 0.6 is 11.3 Å². The average Bonchev–Trinajstić information content (AvgIpc) is 3.37. The van der Waals surface area contributed by atoms with Gasteiger partial charge in [0.25, 0.3) is 5.91 Å². The van der Waals surface area contributed by atoms with Gasteiger partial charge in [0.1, 0.15) is 10.5 Å². The Morgan fingerprint density at radius 1 is 1.19 bits per heavy atom. The van der Waals surface area contributed by atoms with Gasteiger partial charge in [0.2, 0.25) is 0 Å².